The van der Waals surface area contributed by atoms with E-state index in [1.807, 2.05) is 30.3 Å². The molecule has 0 unspecified atom stereocenters. The van der Waals surface area contributed by atoms with Crippen molar-refractivity contribution >= 4 is 39.9 Å². The number of ether oxygens (including phenoxy) is 1. The Hall–Kier alpha value is -4.00. The highest BCUT2D eigenvalue weighted by atomic mass is 16.5. The van der Waals surface area contributed by atoms with Gasteiger partial charge < -0.3 is 14.6 Å². The van der Waals surface area contributed by atoms with Crippen molar-refractivity contribution in [1.29, 1.82) is 0 Å². The number of unbranched alkanes of at least 4 members (excludes halogenated alkanes) is 2. The van der Waals surface area contributed by atoms with Gasteiger partial charge in [-0.2, -0.15) is 0 Å². The first-order valence-corrected chi connectivity index (χ1v) is 11.1. The number of nitrogens with one attached hydrogen (secondary N) is 1. The number of aromatic nitrogens is 3. The fraction of sp³-hybridized carbons (Fsp3) is 0.231. The summed E-state index contributed by atoms with van der Waals surface area (Å²) in [5, 5.41) is 2.90. The van der Waals surface area contributed by atoms with Crippen molar-refractivity contribution < 1.29 is 14.3 Å². The maximum atomic E-state index is 13.2. The van der Waals surface area contributed by atoms with Gasteiger partial charge in [-0.05, 0) is 30.7 Å². The average Bonchev–Trinajstić information content (AvgIpc) is 3.13. The molecule has 7 nitrogen and oxygen atoms in total. The molecule has 168 valence electrons. The summed E-state index contributed by atoms with van der Waals surface area (Å²) in [5.74, 6) is -0.574. The number of allylic oxidation sites excluding steroid dienone is 1. The molecule has 0 radical (unpaired) electrons. The van der Waals surface area contributed by atoms with Crippen LogP contribution in [0.15, 0.2) is 67.3 Å². The van der Waals surface area contributed by atoms with Gasteiger partial charge in [0.1, 0.15) is 16.9 Å². The summed E-state index contributed by atoms with van der Waals surface area (Å²) < 4.78 is 7.31. The minimum absolute atomic E-state index is 0.200. The van der Waals surface area contributed by atoms with E-state index in [0.717, 1.165) is 19.3 Å². The number of carbonyl (C=O) groups excluding carboxylic acids is 2. The average molecular weight is 443 g/mol. The third kappa shape index (κ3) is 4.62. The third-order valence-electron chi connectivity index (χ3n) is 5.32. The minimum Gasteiger partial charge on any atom is -0.462 e. The molecule has 0 fully saturated rings. The number of amides is 1. The fourth-order valence-electron chi connectivity index (χ4n) is 3.69. The second-order valence-electron chi connectivity index (χ2n) is 7.67. The predicted octanol–water partition coefficient (Wildman–Crippen LogP) is 5.37. The fourth-order valence-corrected chi connectivity index (χ4v) is 3.69. The van der Waals surface area contributed by atoms with Crippen molar-refractivity contribution in [2.75, 3.05) is 11.9 Å². The Bertz CT molecular complexity index is 1310. The summed E-state index contributed by atoms with van der Waals surface area (Å²) >= 11 is 0. The quantitative estimate of drug-likeness (QED) is 0.214. The van der Waals surface area contributed by atoms with Gasteiger partial charge in [0.05, 0.1) is 17.6 Å². The Labute approximate surface area is 192 Å². The van der Waals surface area contributed by atoms with Gasteiger partial charge in [0.15, 0.2) is 5.65 Å². The van der Waals surface area contributed by atoms with Crippen LogP contribution in [0.2, 0.25) is 0 Å². The van der Waals surface area contributed by atoms with Crippen LogP contribution in [0.3, 0.4) is 0 Å². The molecule has 1 amide bonds. The second kappa shape index (κ2) is 10.1. The van der Waals surface area contributed by atoms with Crippen molar-refractivity contribution in [2.45, 2.75) is 32.7 Å². The first kappa shape index (κ1) is 22.2. The van der Waals surface area contributed by atoms with E-state index in [-0.39, 0.29) is 11.5 Å². The molecule has 0 atom stereocenters. The molecule has 4 aromatic rings. The van der Waals surface area contributed by atoms with Gasteiger partial charge >= 0.3 is 5.97 Å². The topological polar surface area (TPSA) is 86.1 Å². The van der Waals surface area contributed by atoms with Crippen molar-refractivity contribution in [1.82, 2.24) is 14.5 Å². The van der Waals surface area contributed by atoms with Gasteiger partial charge in [0.2, 0.25) is 0 Å². The number of hydrogen-bond donors (Lipinski definition) is 1. The molecular weight excluding hydrogens is 416 g/mol. The van der Waals surface area contributed by atoms with Gasteiger partial charge in [-0.1, -0.05) is 56.2 Å². The van der Waals surface area contributed by atoms with E-state index < -0.39 is 5.97 Å². The maximum absolute atomic E-state index is 13.2. The van der Waals surface area contributed by atoms with Gasteiger partial charge in [-0.25, -0.2) is 14.8 Å². The first-order valence-electron chi connectivity index (χ1n) is 11.1. The second-order valence-corrected chi connectivity index (χ2v) is 7.67. The molecule has 4 rings (SSSR count). The highest BCUT2D eigenvalue weighted by Gasteiger charge is 2.27. The number of nitrogens with zero attached hydrogens (tertiary/aromatic N) is 3. The largest absolute Gasteiger partial charge is 0.462 e. The summed E-state index contributed by atoms with van der Waals surface area (Å²) in [6.07, 6.45) is 4.44. The summed E-state index contributed by atoms with van der Waals surface area (Å²) in [4.78, 5) is 35.7. The Morgan fingerprint density at radius 1 is 1.03 bits per heavy atom. The van der Waals surface area contributed by atoms with E-state index in [0.29, 0.717) is 46.7 Å². The lowest BCUT2D eigenvalue weighted by atomic mass is 10.2. The molecule has 0 saturated carbocycles. The Kier molecular flexibility index (Phi) is 6.78. The molecule has 0 aliphatic heterocycles. The molecule has 1 N–H and O–H groups in total. The summed E-state index contributed by atoms with van der Waals surface area (Å²) in [6.45, 7) is 6.55. The number of anilines is 1. The van der Waals surface area contributed by atoms with Gasteiger partial charge in [-0.3, -0.25) is 4.79 Å². The van der Waals surface area contributed by atoms with Crippen LogP contribution in [-0.2, 0) is 11.3 Å². The van der Waals surface area contributed by atoms with Crippen LogP contribution in [0.4, 0.5) is 5.82 Å². The van der Waals surface area contributed by atoms with E-state index in [9.17, 15) is 9.59 Å². The van der Waals surface area contributed by atoms with Crippen LogP contribution >= 0.6 is 0 Å². The van der Waals surface area contributed by atoms with Crippen molar-refractivity contribution in [3.63, 3.8) is 0 Å². The highest BCUT2D eigenvalue weighted by Crippen LogP contribution is 2.31. The molecular formula is C26H26N4O3. The van der Waals surface area contributed by atoms with Crippen LogP contribution in [0, 0.1) is 0 Å². The number of para-hydroxylation sites is 2. The number of rotatable bonds is 9. The van der Waals surface area contributed by atoms with Crippen LogP contribution < -0.4 is 5.32 Å². The first-order chi connectivity index (χ1) is 16.1. The monoisotopic (exact) mass is 442 g/mol. The summed E-state index contributed by atoms with van der Waals surface area (Å²) in [6, 6.07) is 16.3. The lowest BCUT2D eigenvalue weighted by Gasteiger charge is -2.11. The van der Waals surface area contributed by atoms with E-state index in [1.165, 1.54) is 0 Å². The zero-order valence-electron chi connectivity index (χ0n) is 18.6. The SMILES string of the molecule is C=CCn1c(NC(=O)c2ccccc2)c(C(=O)OCCCCC)c2nc3ccccc3nc21. The smallest absolute Gasteiger partial charge is 0.344 e. The molecule has 33 heavy (non-hydrogen) atoms. The van der Waals surface area contributed by atoms with Crippen molar-refractivity contribution in [3.8, 4) is 0 Å². The molecule has 0 saturated heterocycles. The van der Waals surface area contributed by atoms with Crippen LogP contribution in [0.1, 0.15) is 46.9 Å². The van der Waals surface area contributed by atoms with Gasteiger partial charge in [-0.15, -0.1) is 6.58 Å². The van der Waals surface area contributed by atoms with Crippen LogP contribution in [-0.4, -0.2) is 33.0 Å². The predicted molar refractivity (Wildman–Crippen MR) is 129 cm³/mol. The maximum Gasteiger partial charge on any atom is 0.344 e. The van der Waals surface area contributed by atoms with Crippen molar-refractivity contribution in [3.05, 3.63) is 78.4 Å². The summed E-state index contributed by atoms with van der Waals surface area (Å²) in [5.41, 5.74) is 2.89. The Balaban J connectivity index is 1.86. The zero-order valence-corrected chi connectivity index (χ0v) is 18.6. The van der Waals surface area contributed by atoms with Crippen LogP contribution in [0.5, 0.6) is 0 Å². The number of hydrogen-bond acceptors (Lipinski definition) is 5. The van der Waals surface area contributed by atoms with E-state index in [4.69, 9.17) is 14.7 Å². The molecule has 2 aromatic carbocycles. The number of benzene rings is 2. The molecule has 0 bridgehead atoms. The molecule has 2 heterocycles. The minimum atomic E-state index is -0.535. The van der Waals surface area contributed by atoms with E-state index >= 15 is 0 Å². The van der Waals surface area contributed by atoms with E-state index in [2.05, 4.69) is 18.8 Å². The molecule has 0 aliphatic carbocycles. The van der Waals surface area contributed by atoms with Crippen LogP contribution in [0.25, 0.3) is 22.2 Å². The molecule has 7 heteroatoms. The Morgan fingerprint density at radius 2 is 1.73 bits per heavy atom. The molecule has 2 aromatic heterocycles. The summed E-state index contributed by atoms with van der Waals surface area (Å²) in [7, 11) is 0. The number of fused-ring (bicyclic) bond motifs is 2. The number of esters is 1. The standard InChI is InChI=1S/C26H26N4O3/c1-3-5-11-17-33-26(32)21-22-24(28-20-15-10-9-14-19(20)27-22)30(16-4-2)23(21)29-25(31)18-12-7-6-8-13-18/h4,6-10,12-15H,2-3,5,11,16-17H2,1H3,(H,29,31). The van der Waals surface area contributed by atoms with E-state index in [1.54, 1.807) is 34.9 Å². The van der Waals surface area contributed by atoms with Gasteiger partial charge in [0, 0.05) is 12.1 Å². The number of carbonyl (C=O) groups is 2. The third-order valence-corrected chi connectivity index (χ3v) is 5.32. The molecule has 0 spiro atoms. The van der Waals surface area contributed by atoms with Crippen molar-refractivity contribution in [2.24, 2.45) is 0 Å². The lowest BCUT2D eigenvalue weighted by Crippen LogP contribution is -2.18. The lowest BCUT2D eigenvalue weighted by molar-refractivity contribution is 0.0501. The zero-order chi connectivity index (χ0) is 23.2. The van der Waals surface area contributed by atoms with Gasteiger partial charge in [0.25, 0.3) is 5.91 Å². The highest BCUT2D eigenvalue weighted by molar-refractivity contribution is 6.13. The Morgan fingerprint density at radius 3 is 2.42 bits per heavy atom. The normalized spacial score (nSPS) is 10.9. The molecule has 0 aliphatic rings.